The second-order valence-electron chi connectivity index (χ2n) is 7.73. The van der Waals surface area contributed by atoms with Crippen molar-refractivity contribution in [1.82, 2.24) is 35.2 Å². The van der Waals surface area contributed by atoms with Crippen LogP contribution in [-0.2, 0) is 11.3 Å². The van der Waals surface area contributed by atoms with Crippen molar-refractivity contribution < 1.29 is 9.90 Å². The molecular weight excluding hydrogens is 456 g/mol. The van der Waals surface area contributed by atoms with Crippen LogP contribution in [-0.4, -0.2) is 52.8 Å². The number of carboxylic acids is 1. The number of tetrazole rings is 1. The number of H-pyrrole nitrogens is 1. The fraction of sp³-hybridized carbons (Fsp3) is 0.130. The summed E-state index contributed by atoms with van der Waals surface area (Å²) in [5.74, 6) is 0.235. The van der Waals surface area contributed by atoms with E-state index in [0.29, 0.717) is 34.6 Å². The van der Waals surface area contributed by atoms with Crippen molar-refractivity contribution >= 4 is 29.0 Å². The first kappa shape index (κ1) is 21.5. The van der Waals surface area contributed by atoms with E-state index in [-0.39, 0.29) is 6.54 Å². The maximum absolute atomic E-state index is 11.7. The SMILES string of the molecule is Cc1cc(N(CC(=O)O)Cc2ccc(-c3ccccc3-c3nnn[nH]3)cc2)n2ncc(Cl)c2n1. The molecule has 0 atom stereocenters. The van der Waals surface area contributed by atoms with Gasteiger partial charge in [-0.1, -0.05) is 60.1 Å². The number of nitrogens with zero attached hydrogens (tertiary/aromatic N) is 7. The summed E-state index contributed by atoms with van der Waals surface area (Å²) in [6.45, 7) is 1.98. The Morgan fingerprint density at radius 3 is 2.62 bits per heavy atom. The summed E-state index contributed by atoms with van der Waals surface area (Å²) in [6, 6.07) is 17.6. The number of carboxylic acid groups (broad SMARTS) is 1. The van der Waals surface area contributed by atoms with Crippen molar-refractivity contribution in [2.75, 3.05) is 11.4 Å². The van der Waals surface area contributed by atoms with Gasteiger partial charge in [0.1, 0.15) is 17.4 Å². The third kappa shape index (κ3) is 4.18. The molecule has 3 aromatic heterocycles. The van der Waals surface area contributed by atoms with E-state index in [9.17, 15) is 9.90 Å². The molecule has 0 fully saturated rings. The van der Waals surface area contributed by atoms with Crippen LogP contribution in [0.25, 0.3) is 28.2 Å². The number of fused-ring (bicyclic) bond motifs is 1. The van der Waals surface area contributed by atoms with Crippen LogP contribution in [0.1, 0.15) is 11.3 Å². The van der Waals surface area contributed by atoms with Crippen LogP contribution in [0.5, 0.6) is 0 Å². The minimum atomic E-state index is -0.952. The predicted molar refractivity (Wildman–Crippen MR) is 126 cm³/mol. The second kappa shape index (κ2) is 8.91. The van der Waals surface area contributed by atoms with Gasteiger partial charge < -0.3 is 10.0 Å². The summed E-state index contributed by atoms with van der Waals surface area (Å²) in [7, 11) is 0. The average Bonchev–Trinajstić information content (AvgIpc) is 3.49. The summed E-state index contributed by atoms with van der Waals surface area (Å²) in [5.41, 5.74) is 4.99. The van der Waals surface area contributed by atoms with Crippen LogP contribution in [0.2, 0.25) is 5.02 Å². The number of nitrogens with one attached hydrogen (secondary N) is 1. The van der Waals surface area contributed by atoms with Gasteiger partial charge in [-0.15, -0.1) is 5.10 Å². The summed E-state index contributed by atoms with van der Waals surface area (Å²) in [4.78, 5) is 17.8. The number of aliphatic carboxylic acids is 1. The highest BCUT2D eigenvalue weighted by molar-refractivity contribution is 6.33. The van der Waals surface area contributed by atoms with E-state index in [1.165, 1.54) is 6.20 Å². The Kier molecular flexibility index (Phi) is 5.64. The molecule has 0 aliphatic heterocycles. The van der Waals surface area contributed by atoms with Crippen molar-refractivity contribution in [3.05, 3.63) is 77.1 Å². The number of benzene rings is 2. The van der Waals surface area contributed by atoms with Crippen molar-refractivity contribution in [3.8, 4) is 22.5 Å². The van der Waals surface area contributed by atoms with Crippen molar-refractivity contribution in [3.63, 3.8) is 0 Å². The van der Waals surface area contributed by atoms with Crippen LogP contribution in [0.3, 0.4) is 0 Å². The van der Waals surface area contributed by atoms with Crippen molar-refractivity contribution in [1.29, 1.82) is 0 Å². The monoisotopic (exact) mass is 474 g/mol. The number of hydrogen-bond donors (Lipinski definition) is 2. The number of aromatic nitrogens is 7. The number of carbonyl (C=O) groups is 1. The first-order valence-electron chi connectivity index (χ1n) is 10.4. The lowest BCUT2D eigenvalue weighted by Gasteiger charge is -2.24. The molecule has 0 aliphatic carbocycles. The molecule has 5 rings (SSSR count). The zero-order chi connectivity index (χ0) is 23.7. The van der Waals surface area contributed by atoms with E-state index in [2.05, 4.69) is 30.7 Å². The lowest BCUT2D eigenvalue weighted by Crippen LogP contribution is -2.31. The Morgan fingerprint density at radius 2 is 1.91 bits per heavy atom. The van der Waals surface area contributed by atoms with Gasteiger partial charge in [0.15, 0.2) is 11.5 Å². The molecule has 5 aromatic rings. The Balaban J connectivity index is 1.48. The Bertz CT molecular complexity index is 1460. The predicted octanol–water partition coefficient (Wildman–Crippen LogP) is 3.63. The fourth-order valence-electron chi connectivity index (χ4n) is 3.87. The second-order valence-corrected chi connectivity index (χ2v) is 8.13. The Labute approximate surface area is 198 Å². The summed E-state index contributed by atoms with van der Waals surface area (Å²) < 4.78 is 1.56. The molecule has 0 spiro atoms. The number of aromatic amines is 1. The number of hydrogen-bond acceptors (Lipinski definition) is 7. The van der Waals surface area contributed by atoms with Gasteiger partial charge in [-0.05, 0) is 34.0 Å². The highest BCUT2D eigenvalue weighted by Gasteiger charge is 2.18. The standard InChI is InChI=1S/C23H19ClN8O2/c1-14-10-20(32-23(26-14)19(24)11-25-32)31(13-21(33)34)12-15-6-8-16(9-7-15)17-4-2-3-5-18(17)22-27-29-30-28-22/h2-11H,12-13H2,1H3,(H,33,34)(H,27,28,29,30). The molecule has 0 aliphatic rings. The van der Waals surface area contributed by atoms with Crippen LogP contribution in [0.15, 0.2) is 60.8 Å². The van der Waals surface area contributed by atoms with Gasteiger partial charge in [0.05, 0.1) is 6.20 Å². The maximum atomic E-state index is 11.7. The molecule has 2 aromatic carbocycles. The fourth-order valence-corrected chi connectivity index (χ4v) is 4.03. The van der Waals surface area contributed by atoms with E-state index in [0.717, 1.165) is 22.3 Å². The molecule has 0 radical (unpaired) electrons. The average molecular weight is 475 g/mol. The Hall–Kier alpha value is -4.31. The number of halogens is 1. The summed E-state index contributed by atoms with van der Waals surface area (Å²) in [6.07, 6.45) is 1.50. The maximum Gasteiger partial charge on any atom is 0.323 e. The molecule has 11 heteroatoms. The third-order valence-corrected chi connectivity index (χ3v) is 5.62. The lowest BCUT2D eigenvalue weighted by atomic mass is 9.98. The molecule has 0 bridgehead atoms. The molecule has 0 unspecified atom stereocenters. The third-order valence-electron chi connectivity index (χ3n) is 5.35. The topological polar surface area (TPSA) is 125 Å². The number of anilines is 1. The van der Waals surface area contributed by atoms with E-state index in [1.807, 2.05) is 55.5 Å². The van der Waals surface area contributed by atoms with Gasteiger partial charge in [-0.25, -0.2) is 10.1 Å². The van der Waals surface area contributed by atoms with Crippen LogP contribution >= 0.6 is 11.6 Å². The van der Waals surface area contributed by atoms with Gasteiger partial charge in [-0.3, -0.25) is 4.79 Å². The molecular formula is C23H19ClN8O2. The normalized spacial score (nSPS) is 11.1. The molecule has 0 saturated carbocycles. The van der Waals surface area contributed by atoms with Gasteiger partial charge in [-0.2, -0.15) is 9.61 Å². The lowest BCUT2D eigenvalue weighted by molar-refractivity contribution is -0.135. The van der Waals surface area contributed by atoms with E-state index in [1.54, 1.807) is 15.5 Å². The first-order chi connectivity index (χ1) is 16.5. The highest BCUT2D eigenvalue weighted by Crippen LogP contribution is 2.30. The van der Waals surface area contributed by atoms with Gasteiger partial charge >= 0.3 is 5.97 Å². The van der Waals surface area contributed by atoms with Gasteiger partial charge in [0.25, 0.3) is 0 Å². The molecule has 0 saturated heterocycles. The van der Waals surface area contributed by atoms with Gasteiger partial charge in [0, 0.05) is 23.9 Å². The van der Waals surface area contributed by atoms with E-state index >= 15 is 0 Å². The van der Waals surface area contributed by atoms with E-state index in [4.69, 9.17) is 11.6 Å². The van der Waals surface area contributed by atoms with Crippen molar-refractivity contribution in [2.45, 2.75) is 13.5 Å². The molecule has 170 valence electrons. The molecule has 10 nitrogen and oxygen atoms in total. The molecule has 34 heavy (non-hydrogen) atoms. The van der Waals surface area contributed by atoms with Gasteiger partial charge in [0.2, 0.25) is 0 Å². The first-order valence-corrected chi connectivity index (χ1v) is 10.8. The smallest absolute Gasteiger partial charge is 0.323 e. The largest absolute Gasteiger partial charge is 0.480 e. The summed E-state index contributed by atoms with van der Waals surface area (Å²) >= 11 is 6.22. The zero-order valence-electron chi connectivity index (χ0n) is 18.1. The number of aryl methyl sites for hydroxylation is 1. The van der Waals surface area contributed by atoms with Crippen LogP contribution < -0.4 is 4.90 Å². The van der Waals surface area contributed by atoms with Crippen LogP contribution in [0, 0.1) is 6.92 Å². The number of rotatable bonds is 7. The quantitative estimate of drug-likeness (QED) is 0.366. The van der Waals surface area contributed by atoms with E-state index < -0.39 is 5.97 Å². The summed E-state index contributed by atoms with van der Waals surface area (Å²) in [5, 5.41) is 28.4. The molecule has 3 heterocycles. The zero-order valence-corrected chi connectivity index (χ0v) is 18.8. The van der Waals surface area contributed by atoms with Crippen molar-refractivity contribution in [2.24, 2.45) is 0 Å². The van der Waals surface area contributed by atoms with Crippen LogP contribution in [0.4, 0.5) is 5.82 Å². The minimum absolute atomic E-state index is 0.209. The highest BCUT2D eigenvalue weighted by atomic mass is 35.5. The Morgan fingerprint density at radius 1 is 1.15 bits per heavy atom. The molecule has 2 N–H and O–H groups in total. The molecule has 0 amide bonds. The minimum Gasteiger partial charge on any atom is -0.480 e.